The average molecular weight is 356 g/mol. The molecule has 0 aliphatic heterocycles. The molecule has 0 spiro atoms. The number of alkyl halides is 3. The fourth-order valence-corrected chi connectivity index (χ4v) is 2.03. The summed E-state index contributed by atoms with van der Waals surface area (Å²) >= 11 is 3.33. The highest BCUT2D eigenvalue weighted by Gasteiger charge is 2.28. The van der Waals surface area contributed by atoms with Gasteiger partial charge in [0.05, 0.1) is 11.1 Å². The van der Waals surface area contributed by atoms with Gasteiger partial charge in [-0.3, -0.25) is 4.74 Å². The molecule has 0 atom stereocenters. The Bertz CT molecular complexity index is 413. The van der Waals surface area contributed by atoms with Crippen LogP contribution in [0.5, 0.6) is 5.75 Å². The van der Waals surface area contributed by atoms with Crippen LogP contribution >= 0.6 is 15.9 Å². The van der Waals surface area contributed by atoms with Crippen molar-refractivity contribution in [2.45, 2.75) is 26.3 Å². The van der Waals surface area contributed by atoms with E-state index in [-0.39, 0.29) is 6.61 Å². The van der Waals surface area contributed by atoms with Crippen LogP contribution in [-0.4, -0.2) is 26.1 Å². The Labute approximate surface area is 124 Å². The standard InChI is InChI=1S/C13H17BrF3NO2/c1-2-5-18-9-10-3-4-12(11(14)8-10)19-6-7-20-13(15,16)17/h3-4,8,18H,2,5-7,9H2,1H3. The van der Waals surface area contributed by atoms with Crippen LogP contribution in [0.4, 0.5) is 13.2 Å². The third-order valence-corrected chi connectivity index (χ3v) is 2.98. The first kappa shape index (κ1) is 17.3. The van der Waals surface area contributed by atoms with Gasteiger partial charge in [-0.15, -0.1) is 13.2 Å². The molecule has 1 N–H and O–H groups in total. The molecule has 114 valence electrons. The van der Waals surface area contributed by atoms with E-state index in [1.54, 1.807) is 6.07 Å². The van der Waals surface area contributed by atoms with Crippen molar-refractivity contribution in [1.29, 1.82) is 0 Å². The summed E-state index contributed by atoms with van der Waals surface area (Å²) in [5.74, 6) is 0.495. The van der Waals surface area contributed by atoms with Crippen molar-refractivity contribution in [1.82, 2.24) is 5.32 Å². The molecule has 1 aromatic carbocycles. The smallest absolute Gasteiger partial charge is 0.490 e. The number of benzene rings is 1. The second kappa shape index (κ2) is 8.49. The normalized spacial score (nSPS) is 11.7. The molecule has 0 aliphatic carbocycles. The van der Waals surface area contributed by atoms with Crippen molar-refractivity contribution in [2.75, 3.05) is 19.8 Å². The minimum atomic E-state index is -4.62. The van der Waals surface area contributed by atoms with Crippen LogP contribution in [-0.2, 0) is 11.3 Å². The van der Waals surface area contributed by atoms with Crippen LogP contribution in [0.25, 0.3) is 0 Å². The third-order valence-electron chi connectivity index (χ3n) is 2.36. The van der Waals surface area contributed by atoms with Gasteiger partial charge in [0.25, 0.3) is 0 Å². The van der Waals surface area contributed by atoms with E-state index in [2.05, 4.69) is 32.9 Å². The Balaban J connectivity index is 2.39. The second-order valence-corrected chi connectivity index (χ2v) is 4.94. The lowest BCUT2D eigenvalue weighted by Gasteiger charge is -2.11. The summed E-state index contributed by atoms with van der Waals surface area (Å²) in [4.78, 5) is 0. The van der Waals surface area contributed by atoms with Gasteiger partial charge in [0.2, 0.25) is 0 Å². The zero-order valence-corrected chi connectivity index (χ0v) is 12.7. The molecule has 0 saturated carbocycles. The van der Waals surface area contributed by atoms with Gasteiger partial charge in [-0.25, -0.2) is 0 Å². The fourth-order valence-electron chi connectivity index (χ4n) is 1.49. The number of hydrogen-bond acceptors (Lipinski definition) is 3. The van der Waals surface area contributed by atoms with Crippen molar-refractivity contribution in [2.24, 2.45) is 0 Å². The van der Waals surface area contributed by atoms with Crippen LogP contribution in [0.3, 0.4) is 0 Å². The first-order valence-electron chi connectivity index (χ1n) is 6.25. The summed E-state index contributed by atoms with van der Waals surface area (Å²) in [5.41, 5.74) is 1.07. The molecule has 0 radical (unpaired) electrons. The summed E-state index contributed by atoms with van der Waals surface area (Å²) in [6.45, 7) is 3.07. The van der Waals surface area contributed by atoms with Gasteiger partial charge in [0, 0.05) is 6.54 Å². The van der Waals surface area contributed by atoms with Crippen LogP contribution in [0.1, 0.15) is 18.9 Å². The Morgan fingerprint density at radius 1 is 1.25 bits per heavy atom. The highest BCUT2D eigenvalue weighted by atomic mass is 79.9. The van der Waals surface area contributed by atoms with Gasteiger partial charge in [0.1, 0.15) is 12.4 Å². The predicted octanol–water partition coefficient (Wildman–Crippen LogP) is 3.86. The quantitative estimate of drug-likeness (QED) is 0.718. The lowest BCUT2D eigenvalue weighted by atomic mass is 10.2. The van der Waals surface area contributed by atoms with E-state index < -0.39 is 13.0 Å². The highest BCUT2D eigenvalue weighted by molar-refractivity contribution is 9.10. The summed E-state index contributed by atoms with van der Waals surface area (Å²) < 4.78 is 44.9. The van der Waals surface area contributed by atoms with Crippen molar-refractivity contribution < 1.29 is 22.6 Å². The molecule has 7 heteroatoms. The molecular formula is C13H17BrF3NO2. The number of ether oxygens (including phenoxy) is 2. The average Bonchev–Trinajstić information content (AvgIpc) is 2.36. The Morgan fingerprint density at radius 2 is 2.00 bits per heavy atom. The number of nitrogens with one attached hydrogen (secondary N) is 1. The summed E-state index contributed by atoms with van der Waals surface area (Å²) in [7, 11) is 0. The van der Waals surface area contributed by atoms with Gasteiger partial charge in [0.15, 0.2) is 0 Å². The lowest BCUT2D eigenvalue weighted by molar-refractivity contribution is -0.325. The molecule has 0 bridgehead atoms. The number of rotatable bonds is 8. The summed E-state index contributed by atoms with van der Waals surface area (Å²) in [5, 5.41) is 3.26. The SMILES string of the molecule is CCCNCc1ccc(OCCOC(F)(F)F)c(Br)c1. The maximum Gasteiger partial charge on any atom is 0.522 e. The van der Waals surface area contributed by atoms with E-state index in [1.165, 1.54) is 0 Å². The fraction of sp³-hybridized carbons (Fsp3) is 0.538. The molecule has 0 aliphatic rings. The Morgan fingerprint density at radius 3 is 2.60 bits per heavy atom. The monoisotopic (exact) mass is 355 g/mol. The summed E-state index contributed by atoms with van der Waals surface area (Å²) in [6, 6.07) is 5.47. The van der Waals surface area contributed by atoms with Crippen molar-refractivity contribution in [3.63, 3.8) is 0 Å². The zero-order chi connectivity index (χ0) is 15.0. The number of halogens is 4. The molecule has 0 fully saturated rings. The maximum atomic E-state index is 11.8. The molecule has 20 heavy (non-hydrogen) atoms. The molecular weight excluding hydrogens is 339 g/mol. The molecule has 0 amide bonds. The lowest BCUT2D eigenvalue weighted by Crippen LogP contribution is -2.18. The van der Waals surface area contributed by atoms with E-state index in [0.717, 1.165) is 25.1 Å². The van der Waals surface area contributed by atoms with Gasteiger partial charge in [-0.1, -0.05) is 13.0 Å². The molecule has 1 aromatic rings. The van der Waals surface area contributed by atoms with Crippen molar-refractivity contribution in [3.8, 4) is 5.75 Å². The predicted molar refractivity (Wildman–Crippen MR) is 73.6 cm³/mol. The van der Waals surface area contributed by atoms with E-state index in [0.29, 0.717) is 10.2 Å². The Kier molecular flexibility index (Phi) is 7.32. The minimum Gasteiger partial charge on any atom is -0.490 e. The second-order valence-electron chi connectivity index (χ2n) is 4.08. The van der Waals surface area contributed by atoms with Gasteiger partial charge in [-0.05, 0) is 46.6 Å². The van der Waals surface area contributed by atoms with Crippen LogP contribution in [0.15, 0.2) is 22.7 Å². The molecule has 0 heterocycles. The van der Waals surface area contributed by atoms with Crippen molar-refractivity contribution in [3.05, 3.63) is 28.2 Å². The molecule has 0 saturated heterocycles. The van der Waals surface area contributed by atoms with E-state index >= 15 is 0 Å². The minimum absolute atomic E-state index is 0.161. The third kappa shape index (κ3) is 7.12. The van der Waals surface area contributed by atoms with Crippen LogP contribution in [0.2, 0.25) is 0 Å². The van der Waals surface area contributed by atoms with E-state index in [1.807, 2.05) is 12.1 Å². The summed E-state index contributed by atoms with van der Waals surface area (Å²) in [6.07, 6.45) is -3.56. The zero-order valence-electron chi connectivity index (χ0n) is 11.1. The number of hydrogen-bond donors (Lipinski definition) is 1. The molecule has 0 unspecified atom stereocenters. The van der Waals surface area contributed by atoms with E-state index in [4.69, 9.17) is 4.74 Å². The molecule has 0 aromatic heterocycles. The van der Waals surface area contributed by atoms with Crippen molar-refractivity contribution >= 4 is 15.9 Å². The van der Waals surface area contributed by atoms with Gasteiger partial charge < -0.3 is 10.1 Å². The molecule has 3 nitrogen and oxygen atoms in total. The highest BCUT2D eigenvalue weighted by Crippen LogP contribution is 2.26. The molecule has 1 rings (SSSR count). The van der Waals surface area contributed by atoms with Gasteiger partial charge >= 0.3 is 6.36 Å². The first-order chi connectivity index (χ1) is 9.42. The first-order valence-corrected chi connectivity index (χ1v) is 7.04. The van der Waals surface area contributed by atoms with Crippen LogP contribution in [0, 0.1) is 0 Å². The largest absolute Gasteiger partial charge is 0.522 e. The topological polar surface area (TPSA) is 30.5 Å². The Hall–Kier alpha value is -0.790. The van der Waals surface area contributed by atoms with Crippen LogP contribution < -0.4 is 10.1 Å². The maximum absolute atomic E-state index is 11.8. The van der Waals surface area contributed by atoms with Gasteiger partial charge in [-0.2, -0.15) is 0 Å². The van der Waals surface area contributed by atoms with E-state index in [9.17, 15) is 13.2 Å².